The predicted molar refractivity (Wildman–Crippen MR) is 79.0 cm³/mol. The van der Waals surface area contributed by atoms with Crippen molar-refractivity contribution in [1.82, 2.24) is 10.6 Å². The number of benzene rings is 1. The number of carbonyl (C=O) groups excluding carboxylic acids is 2. The van der Waals surface area contributed by atoms with Gasteiger partial charge in [-0.3, -0.25) is 20.2 Å². The number of hydrogen-bond donors (Lipinski definition) is 2. The number of rotatable bonds is 4. The molecule has 1 aromatic rings. The van der Waals surface area contributed by atoms with Crippen LogP contribution < -0.4 is 15.4 Å². The van der Waals surface area contributed by atoms with Gasteiger partial charge in [0.2, 0.25) is 0 Å². The summed E-state index contributed by atoms with van der Waals surface area (Å²) in [4.78, 5) is 23.4. The summed E-state index contributed by atoms with van der Waals surface area (Å²) >= 11 is 4.73. The van der Waals surface area contributed by atoms with E-state index < -0.39 is 11.8 Å². The fourth-order valence-electron chi connectivity index (χ4n) is 1.62. The van der Waals surface area contributed by atoms with Gasteiger partial charge in [-0.05, 0) is 36.0 Å². The molecule has 5 nitrogen and oxygen atoms in total. The van der Waals surface area contributed by atoms with Crippen molar-refractivity contribution in [2.45, 2.75) is 0 Å². The van der Waals surface area contributed by atoms with E-state index in [1.807, 2.05) is 0 Å². The van der Waals surface area contributed by atoms with Crippen LogP contribution in [0.4, 0.5) is 0 Å². The minimum atomic E-state index is -0.517. The lowest BCUT2D eigenvalue weighted by Crippen LogP contribution is -2.51. The smallest absolute Gasteiger partial charge is 0.263 e. The summed E-state index contributed by atoms with van der Waals surface area (Å²) in [6, 6.07) is 7.04. The predicted octanol–water partition coefficient (Wildman–Crippen LogP) is 1.17. The molecule has 2 N–H and O–H groups in total. The van der Waals surface area contributed by atoms with Gasteiger partial charge in [0.15, 0.2) is 5.11 Å². The maximum atomic E-state index is 11.7. The Bertz CT molecular complexity index is 601. The second kappa shape index (κ2) is 6.12. The van der Waals surface area contributed by atoms with E-state index >= 15 is 0 Å². The molecule has 0 aliphatic carbocycles. The molecule has 1 saturated heterocycles. The van der Waals surface area contributed by atoms with Crippen LogP contribution in [0, 0.1) is 0 Å². The van der Waals surface area contributed by atoms with Crippen LogP contribution in [-0.4, -0.2) is 23.5 Å². The highest BCUT2D eigenvalue weighted by Crippen LogP contribution is 2.16. The zero-order chi connectivity index (χ0) is 14.5. The molecule has 1 aliphatic rings. The van der Waals surface area contributed by atoms with Gasteiger partial charge in [0.1, 0.15) is 17.9 Å². The fraction of sp³-hybridized carbons (Fsp3) is 0.0714. The monoisotopic (exact) mass is 288 g/mol. The van der Waals surface area contributed by atoms with Crippen LogP contribution in [0.15, 0.2) is 42.5 Å². The highest BCUT2D eigenvalue weighted by Gasteiger charge is 2.25. The van der Waals surface area contributed by atoms with Gasteiger partial charge in [-0.15, -0.1) is 0 Å². The van der Waals surface area contributed by atoms with E-state index in [9.17, 15) is 9.59 Å². The summed E-state index contributed by atoms with van der Waals surface area (Å²) in [6.45, 7) is 3.95. The average Bonchev–Trinajstić information content (AvgIpc) is 2.41. The SMILES string of the molecule is C=CCOc1cccc(C=C2C(=O)NC(=S)NC2=O)c1. The summed E-state index contributed by atoms with van der Waals surface area (Å²) in [5.41, 5.74) is 0.680. The molecule has 2 amide bonds. The molecule has 102 valence electrons. The molecule has 0 atom stereocenters. The standard InChI is InChI=1S/C14H12N2O3S/c1-2-6-19-10-5-3-4-9(7-10)8-11-12(17)15-14(20)16-13(11)18/h2-5,7-8H,1,6H2,(H2,15,16,17,18,20). The minimum Gasteiger partial charge on any atom is -0.490 e. The Kier molecular flexibility index (Phi) is 4.27. The molecule has 6 heteroatoms. The lowest BCUT2D eigenvalue weighted by Gasteiger charge is -2.16. The quantitative estimate of drug-likeness (QED) is 0.378. The van der Waals surface area contributed by atoms with Crippen molar-refractivity contribution in [3.05, 3.63) is 48.1 Å². The zero-order valence-corrected chi connectivity index (χ0v) is 11.3. The highest BCUT2D eigenvalue weighted by atomic mass is 32.1. The number of ether oxygens (including phenoxy) is 1. The molecule has 1 aliphatic heterocycles. The molecule has 2 rings (SSSR count). The van der Waals surface area contributed by atoms with Crippen molar-refractivity contribution >= 4 is 35.2 Å². The van der Waals surface area contributed by atoms with E-state index in [0.29, 0.717) is 17.9 Å². The molecule has 20 heavy (non-hydrogen) atoms. The molecular weight excluding hydrogens is 276 g/mol. The van der Waals surface area contributed by atoms with Crippen LogP contribution in [-0.2, 0) is 9.59 Å². The summed E-state index contributed by atoms with van der Waals surface area (Å²) in [6.07, 6.45) is 3.11. The third-order valence-corrected chi connectivity index (χ3v) is 2.68. The molecule has 1 aromatic carbocycles. The van der Waals surface area contributed by atoms with Gasteiger partial charge in [-0.1, -0.05) is 24.8 Å². The van der Waals surface area contributed by atoms with E-state index in [4.69, 9.17) is 17.0 Å². The van der Waals surface area contributed by atoms with E-state index in [0.717, 1.165) is 0 Å². The summed E-state index contributed by atoms with van der Waals surface area (Å²) in [7, 11) is 0. The number of hydrogen-bond acceptors (Lipinski definition) is 4. The lowest BCUT2D eigenvalue weighted by atomic mass is 10.1. The van der Waals surface area contributed by atoms with Crippen molar-refractivity contribution in [3.8, 4) is 5.75 Å². The number of amides is 2. The molecule has 1 heterocycles. The number of nitrogens with one attached hydrogen (secondary N) is 2. The first kappa shape index (κ1) is 14.0. The second-order valence-corrected chi connectivity index (χ2v) is 4.38. The van der Waals surface area contributed by atoms with E-state index in [-0.39, 0.29) is 10.7 Å². The minimum absolute atomic E-state index is 0.000490. The molecule has 0 bridgehead atoms. The highest BCUT2D eigenvalue weighted by molar-refractivity contribution is 7.80. The summed E-state index contributed by atoms with van der Waals surface area (Å²) in [5.74, 6) is -0.404. The molecular formula is C14H12N2O3S. The van der Waals surface area contributed by atoms with E-state index in [1.54, 1.807) is 30.3 Å². The Balaban J connectivity index is 2.25. The first-order chi connectivity index (χ1) is 9.60. The van der Waals surface area contributed by atoms with Crippen LogP contribution in [0.25, 0.3) is 6.08 Å². The van der Waals surface area contributed by atoms with Gasteiger partial charge in [0, 0.05) is 0 Å². The Morgan fingerprint density at radius 2 is 1.95 bits per heavy atom. The van der Waals surface area contributed by atoms with Gasteiger partial charge in [-0.2, -0.15) is 0 Å². The Morgan fingerprint density at radius 3 is 2.60 bits per heavy atom. The maximum absolute atomic E-state index is 11.7. The van der Waals surface area contributed by atoms with Gasteiger partial charge in [-0.25, -0.2) is 0 Å². The maximum Gasteiger partial charge on any atom is 0.263 e. The van der Waals surface area contributed by atoms with E-state index in [2.05, 4.69) is 17.2 Å². The fourth-order valence-corrected chi connectivity index (χ4v) is 1.81. The third kappa shape index (κ3) is 3.30. The topological polar surface area (TPSA) is 67.4 Å². The Labute approximate surface area is 121 Å². The second-order valence-electron chi connectivity index (χ2n) is 3.97. The lowest BCUT2D eigenvalue weighted by molar-refractivity contribution is -0.123. The Morgan fingerprint density at radius 1 is 1.25 bits per heavy atom. The van der Waals surface area contributed by atoms with Gasteiger partial charge >= 0.3 is 0 Å². The summed E-state index contributed by atoms with van der Waals surface area (Å²) < 4.78 is 5.39. The first-order valence-electron chi connectivity index (χ1n) is 5.82. The van der Waals surface area contributed by atoms with Crippen molar-refractivity contribution in [2.24, 2.45) is 0 Å². The van der Waals surface area contributed by atoms with Crippen molar-refractivity contribution in [2.75, 3.05) is 6.61 Å². The number of thiocarbonyl (C=S) groups is 1. The van der Waals surface area contributed by atoms with E-state index in [1.165, 1.54) is 6.08 Å². The van der Waals surface area contributed by atoms with Gasteiger partial charge in [0.25, 0.3) is 11.8 Å². The zero-order valence-electron chi connectivity index (χ0n) is 10.5. The van der Waals surface area contributed by atoms with Crippen LogP contribution in [0.1, 0.15) is 5.56 Å². The van der Waals surface area contributed by atoms with Crippen molar-refractivity contribution in [3.63, 3.8) is 0 Å². The van der Waals surface area contributed by atoms with Gasteiger partial charge in [0.05, 0.1) is 0 Å². The molecule has 0 spiro atoms. The van der Waals surface area contributed by atoms with Crippen molar-refractivity contribution in [1.29, 1.82) is 0 Å². The molecule has 0 radical (unpaired) electrons. The van der Waals surface area contributed by atoms with Crippen LogP contribution in [0.5, 0.6) is 5.75 Å². The largest absolute Gasteiger partial charge is 0.490 e. The van der Waals surface area contributed by atoms with Crippen LogP contribution >= 0.6 is 12.2 Å². The van der Waals surface area contributed by atoms with Crippen molar-refractivity contribution < 1.29 is 14.3 Å². The molecule has 1 fully saturated rings. The third-order valence-electron chi connectivity index (χ3n) is 2.48. The number of carbonyl (C=O) groups is 2. The molecule has 0 saturated carbocycles. The van der Waals surface area contributed by atoms with Gasteiger partial charge < -0.3 is 4.74 Å². The van der Waals surface area contributed by atoms with Crippen LogP contribution in [0.2, 0.25) is 0 Å². The molecule has 0 unspecified atom stereocenters. The summed E-state index contributed by atoms with van der Waals surface area (Å²) in [5, 5.41) is 4.77. The molecule has 0 aromatic heterocycles. The van der Waals surface area contributed by atoms with Crippen LogP contribution in [0.3, 0.4) is 0 Å². The first-order valence-corrected chi connectivity index (χ1v) is 6.23. The Hall–Kier alpha value is -2.47. The normalized spacial score (nSPS) is 14.4. The average molecular weight is 288 g/mol.